The quantitative estimate of drug-likeness (QED) is 0.557. The lowest BCUT2D eigenvalue weighted by atomic mass is 10.2. The lowest BCUT2D eigenvalue weighted by Gasteiger charge is -2.08. The maximum absolute atomic E-state index is 5.38. The van der Waals surface area contributed by atoms with Crippen molar-refractivity contribution in [3.63, 3.8) is 0 Å². The first-order valence-corrected chi connectivity index (χ1v) is 4.42. The van der Waals surface area contributed by atoms with Crippen molar-refractivity contribution in [1.29, 1.82) is 0 Å². The third kappa shape index (κ3) is 1.59. The minimum Gasteiger partial charge on any atom is -0.467 e. The van der Waals surface area contributed by atoms with Crippen LogP contribution >= 0.6 is 11.7 Å². The van der Waals surface area contributed by atoms with Crippen molar-refractivity contribution in [3.05, 3.63) is 36.0 Å². The Morgan fingerprint density at radius 2 is 2.54 bits per heavy atom. The zero-order valence-electron chi connectivity index (χ0n) is 6.68. The average molecular weight is 196 g/mol. The highest BCUT2D eigenvalue weighted by Crippen LogP contribution is 2.19. The van der Waals surface area contributed by atoms with Crippen LogP contribution in [0.2, 0.25) is 0 Å². The van der Waals surface area contributed by atoms with Gasteiger partial charge in [-0.25, -0.2) is 5.43 Å². The molecular weight excluding hydrogens is 188 g/mol. The van der Waals surface area contributed by atoms with E-state index in [1.807, 2.05) is 6.07 Å². The second kappa shape index (κ2) is 3.65. The van der Waals surface area contributed by atoms with E-state index in [4.69, 9.17) is 10.3 Å². The summed E-state index contributed by atoms with van der Waals surface area (Å²) >= 11 is 1.14. The van der Waals surface area contributed by atoms with E-state index in [2.05, 4.69) is 14.2 Å². The monoisotopic (exact) mass is 196 g/mol. The van der Waals surface area contributed by atoms with E-state index >= 15 is 0 Å². The number of nitrogens with two attached hydrogens (primary N) is 1. The lowest BCUT2D eigenvalue weighted by molar-refractivity contribution is 0.448. The van der Waals surface area contributed by atoms with Crippen molar-refractivity contribution < 1.29 is 4.42 Å². The topological polar surface area (TPSA) is 77.0 Å². The van der Waals surface area contributed by atoms with Gasteiger partial charge in [-0.05, 0) is 12.1 Å². The van der Waals surface area contributed by atoms with Crippen LogP contribution in [-0.2, 0) is 0 Å². The summed E-state index contributed by atoms with van der Waals surface area (Å²) < 4.78 is 13.2. The minimum absolute atomic E-state index is 0.214. The van der Waals surface area contributed by atoms with Crippen molar-refractivity contribution >= 4 is 11.7 Å². The predicted octanol–water partition coefficient (Wildman–Crippen LogP) is 0.684. The van der Waals surface area contributed by atoms with Crippen molar-refractivity contribution in [2.75, 3.05) is 0 Å². The van der Waals surface area contributed by atoms with Gasteiger partial charge in [-0.1, -0.05) is 0 Å². The molecule has 2 aromatic heterocycles. The minimum atomic E-state index is -0.214. The highest BCUT2D eigenvalue weighted by molar-refractivity contribution is 6.99. The highest BCUT2D eigenvalue weighted by atomic mass is 32.1. The molecule has 0 bridgehead atoms. The first kappa shape index (κ1) is 8.36. The molecule has 0 radical (unpaired) electrons. The Balaban J connectivity index is 2.29. The van der Waals surface area contributed by atoms with Crippen molar-refractivity contribution in [2.45, 2.75) is 6.04 Å². The van der Waals surface area contributed by atoms with Crippen molar-refractivity contribution in [3.8, 4) is 0 Å². The Morgan fingerprint density at radius 3 is 3.08 bits per heavy atom. The van der Waals surface area contributed by atoms with Crippen molar-refractivity contribution in [2.24, 2.45) is 5.84 Å². The maximum atomic E-state index is 5.38. The van der Waals surface area contributed by atoms with E-state index in [1.165, 1.54) is 0 Å². The van der Waals surface area contributed by atoms with Crippen LogP contribution in [0.1, 0.15) is 17.5 Å². The summed E-state index contributed by atoms with van der Waals surface area (Å²) in [5.74, 6) is 6.11. The summed E-state index contributed by atoms with van der Waals surface area (Å²) in [4.78, 5) is 0. The first-order valence-electron chi connectivity index (χ1n) is 3.69. The Bertz CT molecular complexity index is 310. The molecule has 6 heteroatoms. The molecule has 0 aromatic carbocycles. The molecule has 2 aromatic rings. The summed E-state index contributed by atoms with van der Waals surface area (Å²) in [6.07, 6.45) is 3.26. The van der Waals surface area contributed by atoms with Gasteiger partial charge in [-0.15, -0.1) is 0 Å². The molecule has 0 aliphatic rings. The number of nitrogens with zero attached hydrogens (tertiary/aromatic N) is 2. The van der Waals surface area contributed by atoms with Gasteiger partial charge in [-0.3, -0.25) is 5.84 Å². The molecule has 2 heterocycles. The molecule has 68 valence electrons. The molecule has 0 fully saturated rings. The zero-order valence-corrected chi connectivity index (χ0v) is 7.49. The molecular formula is C7H8N4OS. The van der Waals surface area contributed by atoms with Crippen LogP contribution in [-0.4, -0.2) is 8.75 Å². The third-order valence-electron chi connectivity index (χ3n) is 1.67. The Labute approximate surface area is 78.9 Å². The number of hydrogen-bond acceptors (Lipinski definition) is 6. The number of hydrazine groups is 1. The maximum Gasteiger partial charge on any atom is 0.128 e. The van der Waals surface area contributed by atoms with Crippen LogP contribution in [0.4, 0.5) is 0 Å². The fourth-order valence-corrected chi connectivity index (χ4v) is 1.52. The average Bonchev–Trinajstić information content (AvgIpc) is 2.76. The van der Waals surface area contributed by atoms with Gasteiger partial charge in [0.05, 0.1) is 24.2 Å². The van der Waals surface area contributed by atoms with Crippen LogP contribution in [0, 0.1) is 0 Å². The molecule has 1 unspecified atom stereocenters. The van der Waals surface area contributed by atoms with Gasteiger partial charge < -0.3 is 4.42 Å². The molecule has 2 rings (SSSR count). The molecule has 1 atom stereocenters. The van der Waals surface area contributed by atoms with Gasteiger partial charge in [0.1, 0.15) is 17.5 Å². The summed E-state index contributed by atoms with van der Waals surface area (Å²) in [6, 6.07) is 3.43. The number of furan rings is 1. The fraction of sp³-hybridized carbons (Fsp3) is 0.143. The van der Waals surface area contributed by atoms with Crippen LogP contribution < -0.4 is 11.3 Å². The molecule has 0 saturated heterocycles. The zero-order chi connectivity index (χ0) is 9.10. The number of rotatable bonds is 3. The summed E-state index contributed by atoms with van der Waals surface area (Å²) in [6.45, 7) is 0. The van der Waals surface area contributed by atoms with Crippen LogP contribution in [0.5, 0.6) is 0 Å². The molecule has 5 nitrogen and oxygen atoms in total. The van der Waals surface area contributed by atoms with E-state index in [0.717, 1.165) is 23.2 Å². The molecule has 3 N–H and O–H groups in total. The van der Waals surface area contributed by atoms with Gasteiger partial charge >= 0.3 is 0 Å². The van der Waals surface area contributed by atoms with Gasteiger partial charge in [-0.2, -0.15) is 8.75 Å². The summed E-state index contributed by atoms with van der Waals surface area (Å²) in [7, 11) is 0. The standard InChI is InChI=1S/C7H8N4OS/c8-10-7(5-4-9-13-11-5)6-2-1-3-12-6/h1-4,7,10H,8H2. The fourth-order valence-electron chi connectivity index (χ4n) is 1.07. The van der Waals surface area contributed by atoms with E-state index < -0.39 is 0 Å². The molecule has 0 saturated carbocycles. The molecule has 13 heavy (non-hydrogen) atoms. The normalized spacial score (nSPS) is 13.0. The SMILES string of the molecule is NNC(c1cnsn1)c1ccco1. The van der Waals surface area contributed by atoms with E-state index in [1.54, 1.807) is 18.5 Å². The summed E-state index contributed by atoms with van der Waals surface area (Å²) in [5, 5.41) is 0. The highest BCUT2D eigenvalue weighted by Gasteiger charge is 2.17. The molecule has 0 amide bonds. The Kier molecular flexibility index (Phi) is 2.35. The van der Waals surface area contributed by atoms with Gasteiger partial charge in [0.2, 0.25) is 0 Å². The second-order valence-electron chi connectivity index (χ2n) is 2.45. The molecule has 0 spiro atoms. The number of nitrogens with one attached hydrogen (secondary N) is 1. The van der Waals surface area contributed by atoms with Crippen molar-refractivity contribution in [1.82, 2.24) is 14.2 Å². The van der Waals surface area contributed by atoms with Crippen LogP contribution in [0.15, 0.2) is 29.0 Å². The molecule has 0 aliphatic carbocycles. The van der Waals surface area contributed by atoms with Crippen LogP contribution in [0.25, 0.3) is 0 Å². The van der Waals surface area contributed by atoms with Crippen LogP contribution in [0.3, 0.4) is 0 Å². The van der Waals surface area contributed by atoms with E-state index in [-0.39, 0.29) is 6.04 Å². The largest absolute Gasteiger partial charge is 0.467 e. The predicted molar refractivity (Wildman–Crippen MR) is 47.8 cm³/mol. The Hall–Kier alpha value is -1.24. The van der Waals surface area contributed by atoms with Gasteiger partial charge in [0, 0.05) is 0 Å². The lowest BCUT2D eigenvalue weighted by Crippen LogP contribution is -2.28. The smallest absolute Gasteiger partial charge is 0.128 e. The third-order valence-corrected chi connectivity index (χ3v) is 2.16. The first-order chi connectivity index (χ1) is 6.42. The summed E-state index contributed by atoms with van der Waals surface area (Å²) in [5.41, 5.74) is 3.38. The van der Waals surface area contributed by atoms with Gasteiger partial charge in [0.25, 0.3) is 0 Å². The molecule has 0 aliphatic heterocycles. The second-order valence-corrected chi connectivity index (χ2v) is 3.00. The Morgan fingerprint density at radius 1 is 1.62 bits per heavy atom. The van der Waals surface area contributed by atoms with E-state index in [0.29, 0.717) is 0 Å². The number of aromatic nitrogens is 2. The van der Waals surface area contributed by atoms with Gasteiger partial charge in [0.15, 0.2) is 0 Å². The van der Waals surface area contributed by atoms with E-state index in [9.17, 15) is 0 Å². The number of hydrogen-bond donors (Lipinski definition) is 2.